The largest absolute Gasteiger partial charge is 0.342 e. The first kappa shape index (κ1) is 17.0. The molecule has 0 spiro atoms. The quantitative estimate of drug-likeness (QED) is 0.543. The number of aromatic nitrogens is 4. The molecular weight excluding hydrogens is 342 g/mol. The van der Waals surface area contributed by atoms with Gasteiger partial charge in [-0.3, -0.25) is 4.79 Å². The highest BCUT2D eigenvalue weighted by Gasteiger charge is 2.11. The summed E-state index contributed by atoms with van der Waals surface area (Å²) in [6.07, 6.45) is 1.54. The number of H-pyrrole nitrogens is 1. The smallest absolute Gasteiger partial charge is 0.226 e. The molecule has 2 heterocycles. The molecule has 0 aliphatic carbocycles. The van der Waals surface area contributed by atoms with Crippen molar-refractivity contribution in [3.8, 4) is 11.4 Å². The fraction of sp³-hybridized carbons (Fsp3) is 0.200. The van der Waals surface area contributed by atoms with Gasteiger partial charge in [0.15, 0.2) is 0 Å². The molecule has 2 N–H and O–H groups in total. The number of carbonyl (C=O) groups is 1. The highest BCUT2D eigenvalue weighted by molar-refractivity contribution is 5.99. The third kappa shape index (κ3) is 3.87. The predicted molar refractivity (Wildman–Crippen MR) is 102 cm³/mol. The number of aromatic amines is 1. The van der Waals surface area contributed by atoms with Gasteiger partial charge in [0.2, 0.25) is 17.6 Å². The van der Waals surface area contributed by atoms with Gasteiger partial charge in [0, 0.05) is 18.4 Å². The van der Waals surface area contributed by atoms with E-state index in [9.17, 15) is 4.79 Å². The van der Waals surface area contributed by atoms with Crippen molar-refractivity contribution in [3.05, 3.63) is 60.2 Å². The minimum atomic E-state index is -0.0639. The number of para-hydroxylation sites is 1. The summed E-state index contributed by atoms with van der Waals surface area (Å²) in [5.74, 6) is 1.85. The number of aryl methyl sites for hydroxylation is 2. The van der Waals surface area contributed by atoms with E-state index in [1.165, 1.54) is 0 Å². The number of hydrogen-bond donors (Lipinski definition) is 2. The molecule has 0 bridgehead atoms. The van der Waals surface area contributed by atoms with Crippen LogP contribution in [0, 0.1) is 6.92 Å². The van der Waals surface area contributed by atoms with Gasteiger partial charge in [-0.1, -0.05) is 41.6 Å². The summed E-state index contributed by atoms with van der Waals surface area (Å²) in [6, 6.07) is 15.3. The Morgan fingerprint density at radius 1 is 1.11 bits per heavy atom. The molecule has 4 rings (SSSR count). The molecule has 0 aliphatic rings. The first-order valence-electron chi connectivity index (χ1n) is 8.82. The number of anilines is 1. The van der Waals surface area contributed by atoms with Crippen LogP contribution in [0.3, 0.4) is 0 Å². The Kier molecular flexibility index (Phi) is 4.65. The Bertz CT molecular complexity index is 1070. The zero-order valence-electron chi connectivity index (χ0n) is 14.9. The Labute approximate surface area is 155 Å². The third-order valence-corrected chi connectivity index (χ3v) is 4.20. The van der Waals surface area contributed by atoms with E-state index in [-0.39, 0.29) is 5.91 Å². The maximum absolute atomic E-state index is 12.3. The zero-order chi connectivity index (χ0) is 18.6. The first-order chi connectivity index (χ1) is 13.2. The summed E-state index contributed by atoms with van der Waals surface area (Å²) >= 11 is 0. The van der Waals surface area contributed by atoms with E-state index < -0.39 is 0 Å². The van der Waals surface area contributed by atoms with Gasteiger partial charge in [0.1, 0.15) is 11.3 Å². The lowest BCUT2D eigenvalue weighted by molar-refractivity contribution is -0.116. The molecular formula is C20H19N5O2. The summed E-state index contributed by atoms with van der Waals surface area (Å²) in [6.45, 7) is 1.89. The van der Waals surface area contributed by atoms with E-state index in [4.69, 9.17) is 4.52 Å². The summed E-state index contributed by atoms with van der Waals surface area (Å²) in [5, 5.41) is 6.92. The average Bonchev–Trinajstić information content (AvgIpc) is 3.29. The van der Waals surface area contributed by atoms with Crippen molar-refractivity contribution in [2.45, 2.75) is 26.2 Å². The van der Waals surface area contributed by atoms with E-state index in [1.54, 1.807) is 0 Å². The van der Waals surface area contributed by atoms with Crippen molar-refractivity contribution in [3.63, 3.8) is 0 Å². The van der Waals surface area contributed by atoms with Crippen molar-refractivity contribution in [2.75, 3.05) is 5.32 Å². The lowest BCUT2D eigenvalue weighted by Gasteiger charge is -2.05. The van der Waals surface area contributed by atoms with Gasteiger partial charge in [0.05, 0.1) is 11.2 Å². The van der Waals surface area contributed by atoms with Gasteiger partial charge in [-0.25, -0.2) is 4.98 Å². The topological polar surface area (TPSA) is 96.7 Å². The third-order valence-electron chi connectivity index (χ3n) is 4.20. The van der Waals surface area contributed by atoms with Gasteiger partial charge in [0.25, 0.3) is 0 Å². The first-order valence-corrected chi connectivity index (χ1v) is 8.82. The van der Waals surface area contributed by atoms with Crippen LogP contribution in [0.4, 0.5) is 5.69 Å². The number of fused-ring (bicyclic) bond motifs is 1. The highest BCUT2D eigenvalue weighted by Crippen LogP contribution is 2.21. The van der Waals surface area contributed by atoms with Gasteiger partial charge in [-0.2, -0.15) is 4.98 Å². The Hall–Kier alpha value is -3.48. The van der Waals surface area contributed by atoms with E-state index in [0.29, 0.717) is 36.7 Å². The fourth-order valence-electron chi connectivity index (χ4n) is 2.93. The molecule has 0 fully saturated rings. The maximum atomic E-state index is 12.3. The molecule has 0 unspecified atom stereocenters. The van der Waals surface area contributed by atoms with Gasteiger partial charge in [-0.15, -0.1) is 0 Å². The molecule has 7 nitrogen and oxygen atoms in total. The number of carbonyl (C=O) groups excluding carboxylic acids is 1. The van der Waals surface area contributed by atoms with Gasteiger partial charge < -0.3 is 14.8 Å². The standard InChI is InChI=1S/C20H19N5O2/c1-13-21-15-9-5-10-16(19(15)22-13)23-17(26)11-6-12-18-24-20(25-27-18)14-7-3-2-4-8-14/h2-5,7-10H,6,11-12H2,1H3,(H,21,22)(H,23,26). The van der Waals surface area contributed by atoms with Crippen molar-refractivity contribution in [2.24, 2.45) is 0 Å². The number of amides is 1. The molecule has 4 aromatic rings. The van der Waals surface area contributed by atoms with Crippen LogP contribution in [0.1, 0.15) is 24.6 Å². The molecule has 136 valence electrons. The number of rotatable bonds is 6. The molecule has 2 aromatic carbocycles. The van der Waals surface area contributed by atoms with Crippen molar-refractivity contribution in [1.82, 2.24) is 20.1 Å². The average molecular weight is 361 g/mol. The molecule has 0 aliphatic heterocycles. The summed E-state index contributed by atoms with van der Waals surface area (Å²) in [5.41, 5.74) is 3.30. The second kappa shape index (κ2) is 7.41. The number of hydrogen-bond acceptors (Lipinski definition) is 5. The number of nitrogens with zero attached hydrogens (tertiary/aromatic N) is 3. The zero-order valence-corrected chi connectivity index (χ0v) is 14.9. The van der Waals surface area contributed by atoms with Crippen LogP contribution in [-0.4, -0.2) is 26.0 Å². The number of nitrogens with one attached hydrogen (secondary N) is 2. The number of benzene rings is 2. The van der Waals surface area contributed by atoms with Crippen molar-refractivity contribution < 1.29 is 9.32 Å². The van der Waals surface area contributed by atoms with Crippen LogP contribution in [0.2, 0.25) is 0 Å². The maximum Gasteiger partial charge on any atom is 0.226 e. The summed E-state index contributed by atoms with van der Waals surface area (Å²) in [7, 11) is 0. The Balaban J connectivity index is 1.33. The molecule has 2 aromatic heterocycles. The molecule has 0 saturated carbocycles. The molecule has 0 radical (unpaired) electrons. The minimum absolute atomic E-state index is 0.0639. The van der Waals surface area contributed by atoms with Gasteiger partial charge >= 0.3 is 0 Å². The number of imidazole rings is 1. The van der Waals surface area contributed by atoms with Crippen LogP contribution >= 0.6 is 0 Å². The molecule has 0 atom stereocenters. The van der Waals surface area contributed by atoms with Crippen LogP contribution < -0.4 is 5.32 Å². The van der Waals surface area contributed by atoms with Crippen molar-refractivity contribution >= 4 is 22.6 Å². The van der Waals surface area contributed by atoms with Crippen LogP contribution in [0.15, 0.2) is 53.1 Å². The minimum Gasteiger partial charge on any atom is -0.342 e. The molecule has 0 saturated heterocycles. The van der Waals surface area contributed by atoms with Gasteiger partial charge in [-0.05, 0) is 25.5 Å². The normalized spacial score (nSPS) is 11.0. The summed E-state index contributed by atoms with van der Waals surface area (Å²) < 4.78 is 5.27. The van der Waals surface area contributed by atoms with Crippen LogP contribution in [0.5, 0.6) is 0 Å². The second-order valence-electron chi connectivity index (χ2n) is 6.30. The molecule has 7 heteroatoms. The van der Waals surface area contributed by atoms with E-state index in [2.05, 4.69) is 25.4 Å². The van der Waals surface area contributed by atoms with Crippen LogP contribution in [0.25, 0.3) is 22.4 Å². The Morgan fingerprint density at radius 3 is 2.81 bits per heavy atom. The van der Waals surface area contributed by atoms with E-state index >= 15 is 0 Å². The highest BCUT2D eigenvalue weighted by atomic mass is 16.5. The predicted octanol–water partition coefficient (Wildman–Crippen LogP) is 3.88. The summed E-state index contributed by atoms with van der Waals surface area (Å²) in [4.78, 5) is 24.2. The Morgan fingerprint density at radius 2 is 1.96 bits per heavy atom. The fourth-order valence-corrected chi connectivity index (χ4v) is 2.93. The lowest BCUT2D eigenvalue weighted by Crippen LogP contribution is -2.11. The van der Waals surface area contributed by atoms with E-state index in [0.717, 1.165) is 22.4 Å². The second-order valence-corrected chi connectivity index (χ2v) is 6.30. The van der Waals surface area contributed by atoms with Crippen molar-refractivity contribution in [1.29, 1.82) is 0 Å². The lowest BCUT2D eigenvalue weighted by atomic mass is 10.2. The molecule has 1 amide bonds. The SMILES string of the molecule is Cc1nc2c(NC(=O)CCCc3nc(-c4ccccc4)no3)cccc2[nH]1. The van der Waals surface area contributed by atoms with E-state index in [1.807, 2.05) is 55.5 Å². The molecule has 27 heavy (non-hydrogen) atoms. The monoisotopic (exact) mass is 361 g/mol. The van der Waals surface area contributed by atoms with Crippen LogP contribution in [-0.2, 0) is 11.2 Å².